The van der Waals surface area contributed by atoms with Crippen molar-refractivity contribution >= 4 is 23.0 Å². The van der Waals surface area contributed by atoms with Crippen LogP contribution in [0.2, 0.25) is 0 Å². The van der Waals surface area contributed by atoms with Gasteiger partial charge in [0.25, 0.3) is 0 Å². The van der Waals surface area contributed by atoms with E-state index >= 15 is 0 Å². The van der Waals surface area contributed by atoms with E-state index in [1.54, 1.807) is 18.2 Å². The molecule has 5 heteroatoms. The van der Waals surface area contributed by atoms with E-state index in [9.17, 15) is 9.59 Å². The summed E-state index contributed by atoms with van der Waals surface area (Å²) < 4.78 is 7.11. The molecule has 0 unspecified atom stereocenters. The van der Waals surface area contributed by atoms with Crippen LogP contribution in [0, 0.1) is 6.92 Å². The molecule has 1 fully saturated rings. The van der Waals surface area contributed by atoms with Crippen molar-refractivity contribution < 1.29 is 19.4 Å². The number of fused-ring (bicyclic) bond motifs is 1. The lowest BCUT2D eigenvalue weighted by atomic mass is 9.84. The summed E-state index contributed by atoms with van der Waals surface area (Å²) in [5.74, 6) is 0.220. The van der Waals surface area contributed by atoms with Crippen molar-refractivity contribution in [1.82, 2.24) is 4.57 Å². The largest absolute Gasteiger partial charge is 0.481 e. The first kappa shape index (κ1) is 19.2. The van der Waals surface area contributed by atoms with Crippen LogP contribution < -0.4 is 4.74 Å². The minimum absolute atomic E-state index is 0.0849. The summed E-state index contributed by atoms with van der Waals surface area (Å²) >= 11 is 0. The molecule has 0 atom stereocenters. The van der Waals surface area contributed by atoms with E-state index in [2.05, 4.69) is 12.1 Å². The molecule has 3 aromatic rings. The molecule has 1 saturated carbocycles. The van der Waals surface area contributed by atoms with Gasteiger partial charge in [0.05, 0.1) is 11.9 Å². The van der Waals surface area contributed by atoms with Crippen LogP contribution in [0.1, 0.15) is 54.8 Å². The van der Waals surface area contributed by atoms with Gasteiger partial charge in [-0.05, 0) is 61.1 Å². The van der Waals surface area contributed by atoms with Crippen LogP contribution in [0.15, 0.2) is 48.5 Å². The van der Waals surface area contributed by atoms with Gasteiger partial charge in [0.2, 0.25) is 0 Å². The summed E-state index contributed by atoms with van der Waals surface area (Å²) in [6.07, 6.45) is 5.77. The maximum absolute atomic E-state index is 12.9. The first-order valence-electron chi connectivity index (χ1n) is 10.2. The molecule has 0 amide bonds. The zero-order valence-corrected chi connectivity index (χ0v) is 16.6. The standard InChI is InChI=1S/C24H25NO4/c1-16-14-21-19(15-23(26)27)8-5-9-22(21)25(16)24(28)29-20-12-10-18(11-13-20)17-6-3-2-4-7-17/h5,8-14,17H,2-4,6-7,15H2,1H3,(H,26,27). The van der Waals surface area contributed by atoms with Gasteiger partial charge in [-0.1, -0.05) is 43.5 Å². The normalized spacial score (nSPS) is 14.8. The second kappa shape index (κ2) is 8.11. The third-order valence-corrected chi connectivity index (χ3v) is 5.81. The Kier molecular flexibility index (Phi) is 5.38. The predicted octanol–water partition coefficient (Wildman–Crippen LogP) is 5.67. The Morgan fingerprint density at radius 3 is 2.48 bits per heavy atom. The fraction of sp³-hybridized carbons (Fsp3) is 0.333. The first-order valence-corrected chi connectivity index (χ1v) is 10.2. The molecule has 0 spiro atoms. The van der Waals surface area contributed by atoms with Gasteiger partial charge in [-0.2, -0.15) is 0 Å². The molecule has 1 aliphatic rings. The van der Waals surface area contributed by atoms with Crippen molar-refractivity contribution in [1.29, 1.82) is 0 Å². The highest BCUT2D eigenvalue weighted by Gasteiger charge is 2.18. The van der Waals surface area contributed by atoms with Crippen LogP contribution in [-0.4, -0.2) is 21.7 Å². The monoisotopic (exact) mass is 391 g/mol. The quantitative estimate of drug-likeness (QED) is 0.622. The van der Waals surface area contributed by atoms with Crippen molar-refractivity contribution in [2.24, 2.45) is 0 Å². The van der Waals surface area contributed by atoms with Gasteiger partial charge in [-0.25, -0.2) is 9.36 Å². The van der Waals surface area contributed by atoms with Crippen LogP contribution in [-0.2, 0) is 11.2 Å². The lowest BCUT2D eigenvalue weighted by molar-refractivity contribution is -0.136. The number of aliphatic carboxylic acids is 1. The Bertz CT molecular complexity index is 1040. The molecule has 1 aromatic heterocycles. The molecule has 1 aliphatic carbocycles. The van der Waals surface area contributed by atoms with Crippen LogP contribution in [0.3, 0.4) is 0 Å². The number of nitrogens with zero attached hydrogens (tertiary/aromatic N) is 1. The second-order valence-corrected chi connectivity index (χ2v) is 7.81. The number of carboxylic acids is 1. The van der Waals surface area contributed by atoms with Gasteiger partial charge in [-0.15, -0.1) is 0 Å². The van der Waals surface area contributed by atoms with Crippen LogP contribution >= 0.6 is 0 Å². The topological polar surface area (TPSA) is 68.5 Å². The average Bonchev–Trinajstić information content (AvgIpc) is 3.06. The van der Waals surface area contributed by atoms with Gasteiger partial charge < -0.3 is 9.84 Å². The third kappa shape index (κ3) is 4.04. The number of carbonyl (C=O) groups is 2. The Labute approximate surface area is 169 Å². The average molecular weight is 391 g/mol. The molecule has 0 aliphatic heterocycles. The van der Waals surface area contributed by atoms with Crippen molar-refractivity contribution in [3.63, 3.8) is 0 Å². The molecule has 0 bridgehead atoms. The molecule has 150 valence electrons. The second-order valence-electron chi connectivity index (χ2n) is 7.81. The van der Waals surface area contributed by atoms with Gasteiger partial charge in [0, 0.05) is 11.1 Å². The Hall–Kier alpha value is -3.08. The summed E-state index contributed by atoms with van der Waals surface area (Å²) in [6.45, 7) is 1.82. The van der Waals surface area contributed by atoms with E-state index in [0.29, 0.717) is 28.4 Å². The van der Waals surface area contributed by atoms with Crippen LogP contribution in [0.4, 0.5) is 4.79 Å². The molecule has 5 nitrogen and oxygen atoms in total. The lowest BCUT2D eigenvalue weighted by Crippen LogP contribution is -2.17. The number of aromatic nitrogens is 1. The molecule has 0 saturated heterocycles. The summed E-state index contributed by atoms with van der Waals surface area (Å²) in [6, 6.07) is 15.0. The summed E-state index contributed by atoms with van der Waals surface area (Å²) in [4.78, 5) is 24.0. The molecule has 1 heterocycles. The molecule has 0 radical (unpaired) electrons. The van der Waals surface area contributed by atoms with E-state index < -0.39 is 12.1 Å². The molecule has 2 aromatic carbocycles. The zero-order chi connectivity index (χ0) is 20.4. The van der Waals surface area contributed by atoms with E-state index in [1.165, 1.54) is 42.2 Å². The Morgan fingerprint density at radius 2 is 1.79 bits per heavy atom. The SMILES string of the molecule is Cc1cc2c(CC(=O)O)cccc2n1C(=O)Oc1ccc(C2CCCCC2)cc1. The molecule has 4 rings (SSSR count). The first-order chi connectivity index (χ1) is 14.0. The van der Waals surface area contributed by atoms with Gasteiger partial charge >= 0.3 is 12.1 Å². The smallest absolute Gasteiger partial charge is 0.424 e. The fourth-order valence-electron chi connectivity index (χ4n) is 4.37. The van der Waals surface area contributed by atoms with E-state index in [1.807, 2.05) is 25.1 Å². The lowest BCUT2D eigenvalue weighted by Gasteiger charge is -2.22. The number of benzene rings is 2. The number of hydrogen-bond acceptors (Lipinski definition) is 3. The van der Waals surface area contributed by atoms with E-state index in [4.69, 9.17) is 9.84 Å². The Morgan fingerprint density at radius 1 is 1.07 bits per heavy atom. The van der Waals surface area contributed by atoms with Crippen LogP contribution in [0.25, 0.3) is 10.9 Å². The zero-order valence-electron chi connectivity index (χ0n) is 16.6. The highest BCUT2D eigenvalue weighted by molar-refractivity contribution is 5.94. The van der Waals surface area contributed by atoms with Gasteiger partial charge in [0.15, 0.2) is 0 Å². The maximum Gasteiger partial charge on any atom is 0.424 e. The molecular formula is C24H25NO4. The number of ether oxygens (including phenoxy) is 1. The number of rotatable bonds is 4. The van der Waals surface area contributed by atoms with Crippen molar-refractivity contribution in [2.45, 2.75) is 51.4 Å². The van der Waals surface area contributed by atoms with Crippen LogP contribution in [0.5, 0.6) is 5.75 Å². The summed E-state index contributed by atoms with van der Waals surface area (Å²) in [7, 11) is 0. The highest BCUT2D eigenvalue weighted by Crippen LogP contribution is 2.33. The number of carboxylic acid groups (broad SMARTS) is 1. The predicted molar refractivity (Wildman–Crippen MR) is 112 cm³/mol. The minimum atomic E-state index is -0.900. The van der Waals surface area contributed by atoms with Crippen molar-refractivity contribution in [3.8, 4) is 5.75 Å². The maximum atomic E-state index is 12.9. The van der Waals surface area contributed by atoms with Gasteiger partial charge in [0.1, 0.15) is 5.75 Å². The van der Waals surface area contributed by atoms with Crippen molar-refractivity contribution in [3.05, 3.63) is 65.4 Å². The van der Waals surface area contributed by atoms with Gasteiger partial charge in [-0.3, -0.25) is 4.79 Å². The van der Waals surface area contributed by atoms with Crippen molar-refractivity contribution in [2.75, 3.05) is 0 Å². The molecule has 1 N–H and O–H groups in total. The van der Waals surface area contributed by atoms with E-state index in [0.717, 1.165) is 5.39 Å². The molecular weight excluding hydrogens is 366 g/mol. The minimum Gasteiger partial charge on any atom is -0.481 e. The molecule has 29 heavy (non-hydrogen) atoms. The fourth-order valence-corrected chi connectivity index (χ4v) is 4.37. The summed E-state index contributed by atoms with van der Waals surface area (Å²) in [5, 5.41) is 9.89. The highest BCUT2D eigenvalue weighted by atomic mass is 16.6. The number of carbonyl (C=O) groups excluding carboxylic acids is 1. The number of hydrogen-bond donors (Lipinski definition) is 1. The van der Waals surface area contributed by atoms with E-state index in [-0.39, 0.29) is 6.42 Å². The Balaban J connectivity index is 1.56. The third-order valence-electron chi connectivity index (χ3n) is 5.81. The number of aryl methyl sites for hydroxylation is 1. The summed E-state index contributed by atoms with van der Waals surface area (Å²) in [5.41, 5.74) is 3.36.